The molecule has 3 saturated carbocycles. The molecule has 0 bridgehead atoms. The number of hydrogen-bond acceptors (Lipinski definition) is 12. The zero-order valence-electron chi connectivity index (χ0n) is 34.6. The number of benzene rings is 2. The van der Waals surface area contributed by atoms with Crippen molar-refractivity contribution in [3.8, 4) is 0 Å². The summed E-state index contributed by atoms with van der Waals surface area (Å²) in [5, 5.41) is 41.4. The van der Waals surface area contributed by atoms with Gasteiger partial charge in [-0.1, -0.05) is 61.0 Å². The molecule has 0 amide bonds. The first kappa shape index (κ1) is 44.5. The van der Waals surface area contributed by atoms with Gasteiger partial charge in [-0.25, -0.2) is 0 Å². The maximum atomic E-state index is 13.1. The largest absolute Gasteiger partial charge is 0.481 e. The van der Waals surface area contributed by atoms with Crippen molar-refractivity contribution in [3.05, 3.63) is 71.3 Å². The molecule has 6 aliphatic rings. The molecule has 4 fully saturated rings. The molecule has 12 nitrogen and oxygen atoms in total. The Morgan fingerprint density at radius 1 is 0.950 bits per heavy atom. The summed E-state index contributed by atoms with van der Waals surface area (Å²) in [5.41, 5.74) is 0.512. The zero-order valence-corrected chi connectivity index (χ0v) is 36.1. The summed E-state index contributed by atoms with van der Waals surface area (Å²) in [5.74, 6) is -2.58. The van der Waals surface area contributed by atoms with Crippen molar-refractivity contribution in [2.45, 2.75) is 86.7 Å². The number of carbonyl (C=O) groups is 4. The Morgan fingerprint density at radius 2 is 1.67 bits per heavy atom. The van der Waals surface area contributed by atoms with Crippen LogP contribution in [0.2, 0.25) is 5.02 Å². The van der Waals surface area contributed by atoms with Crippen molar-refractivity contribution in [3.63, 3.8) is 0 Å². The van der Waals surface area contributed by atoms with Crippen LogP contribution in [-0.4, -0.2) is 124 Å². The van der Waals surface area contributed by atoms with Crippen LogP contribution in [0.3, 0.4) is 0 Å². The number of rotatable bonds is 12. The number of ketones is 2. The van der Waals surface area contributed by atoms with Crippen molar-refractivity contribution < 1.29 is 44.3 Å². The number of anilines is 2. The van der Waals surface area contributed by atoms with Crippen LogP contribution < -0.4 is 4.90 Å². The monoisotopic (exact) mass is 863 g/mol. The van der Waals surface area contributed by atoms with E-state index in [4.69, 9.17) is 26.6 Å². The average molecular weight is 865 g/mol. The predicted octanol–water partition coefficient (Wildman–Crippen LogP) is 5.92. The van der Waals surface area contributed by atoms with E-state index in [9.17, 15) is 29.4 Å². The van der Waals surface area contributed by atoms with Crippen LogP contribution in [0.15, 0.2) is 76.1 Å². The normalized spacial score (nSPS) is 30.7. The van der Waals surface area contributed by atoms with Crippen LogP contribution >= 0.6 is 23.4 Å². The number of aliphatic hydroxyl groups is 3. The molecule has 14 heteroatoms. The lowest BCUT2D eigenvalue weighted by Crippen LogP contribution is -2.61. The van der Waals surface area contributed by atoms with Crippen molar-refractivity contribution in [1.82, 2.24) is 9.80 Å². The number of carbonyl (C=O) groups excluding carboxylic acids is 3. The fraction of sp³-hybridized carbons (Fsp3) is 0.565. The van der Waals surface area contributed by atoms with Gasteiger partial charge in [-0.05, 0) is 99.4 Å². The van der Waals surface area contributed by atoms with Gasteiger partial charge in [0.15, 0.2) is 12.4 Å². The van der Waals surface area contributed by atoms with E-state index in [1.54, 1.807) is 12.2 Å². The molecule has 4 N–H and O–H groups in total. The van der Waals surface area contributed by atoms with Gasteiger partial charge in [0.2, 0.25) is 5.78 Å². The molecule has 7 atom stereocenters. The molecular formula is C46H58ClN3O9S. The van der Waals surface area contributed by atoms with Gasteiger partial charge in [0, 0.05) is 70.8 Å². The third-order valence-electron chi connectivity index (χ3n) is 14.3. The third-order valence-corrected chi connectivity index (χ3v) is 15.7. The fourth-order valence-electron chi connectivity index (χ4n) is 11.2. The molecule has 0 radical (unpaired) electrons. The lowest BCUT2D eigenvalue weighted by Gasteiger charge is -2.59. The number of carboxylic acids is 1. The van der Waals surface area contributed by atoms with Crippen LogP contribution in [0.1, 0.15) is 65.2 Å². The van der Waals surface area contributed by atoms with Crippen LogP contribution in [0, 0.1) is 28.6 Å². The molecule has 1 saturated heterocycles. The summed E-state index contributed by atoms with van der Waals surface area (Å²) < 4.78 is 4.96. The molecular weight excluding hydrogens is 806 g/mol. The maximum absolute atomic E-state index is 13.1. The minimum atomic E-state index is -1.73. The molecule has 2 heterocycles. The Hall–Kier alpha value is -3.56. The number of aliphatic hydroxyl groups excluding tert-OH is 2. The summed E-state index contributed by atoms with van der Waals surface area (Å²) in [6.45, 7) is 10.7. The quantitative estimate of drug-likeness (QED) is 0.186. The topological polar surface area (TPSA) is 168 Å². The molecule has 2 aliphatic heterocycles. The second-order valence-corrected chi connectivity index (χ2v) is 19.2. The van der Waals surface area contributed by atoms with Crippen molar-refractivity contribution in [1.29, 1.82) is 0 Å². The predicted molar refractivity (Wildman–Crippen MR) is 229 cm³/mol. The van der Waals surface area contributed by atoms with Crippen LogP contribution in [0.4, 0.5) is 11.4 Å². The summed E-state index contributed by atoms with van der Waals surface area (Å²) in [6.07, 6.45) is 7.39. The van der Waals surface area contributed by atoms with E-state index in [2.05, 4.69) is 58.0 Å². The van der Waals surface area contributed by atoms with Crippen molar-refractivity contribution in [2.75, 3.05) is 63.9 Å². The van der Waals surface area contributed by atoms with Gasteiger partial charge in [-0.15, -0.1) is 0 Å². The number of carboxylic acid groups (broad SMARTS) is 1. The highest BCUT2D eigenvalue weighted by Gasteiger charge is 2.68. The number of allylic oxidation sites excluding steroid dienone is 4. The second kappa shape index (κ2) is 18.4. The molecule has 60 heavy (non-hydrogen) atoms. The number of piperazine rings is 1. The number of aliphatic carboxylic acids is 1. The van der Waals surface area contributed by atoms with Crippen molar-refractivity contribution in [2.24, 2.45) is 28.6 Å². The summed E-state index contributed by atoms with van der Waals surface area (Å²) in [4.78, 5) is 57.3. The first-order valence-electron chi connectivity index (χ1n) is 21.3. The maximum Gasteiger partial charge on any atom is 0.306 e. The summed E-state index contributed by atoms with van der Waals surface area (Å²) in [6, 6.07) is 14.8. The average Bonchev–Trinajstić information content (AvgIpc) is 3.50. The smallest absolute Gasteiger partial charge is 0.306 e. The lowest BCUT2D eigenvalue weighted by atomic mass is 9.46. The third kappa shape index (κ3) is 8.86. The number of β-amino-alcohol motifs (C(OH)–C–C–N with tert-alkyl or cyclic N) is 1. The van der Waals surface area contributed by atoms with Gasteiger partial charge >= 0.3 is 11.9 Å². The van der Waals surface area contributed by atoms with E-state index < -0.39 is 46.9 Å². The van der Waals surface area contributed by atoms with E-state index in [0.717, 1.165) is 75.7 Å². The number of esters is 1. The van der Waals surface area contributed by atoms with Gasteiger partial charge in [0.25, 0.3) is 0 Å². The van der Waals surface area contributed by atoms with Gasteiger partial charge < -0.3 is 35.0 Å². The number of hydrogen-bond donors (Lipinski definition) is 4. The van der Waals surface area contributed by atoms with Gasteiger partial charge in [0.1, 0.15) is 5.60 Å². The number of para-hydroxylation sites is 1. The SMILES string of the molecule is CC12C=CC(=O)C=C1CCC1C2C(O)CC2(C)C1CCC2(O)C(=O)COC(=O)CCC(=O)O.OCCN1CCN(CCCN2c3ccccc3Sc3ccc(Cl)cc32)CC1. The van der Waals surface area contributed by atoms with Crippen LogP contribution in [0.5, 0.6) is 0 Å². The number of fused-ring (bicyclic) bond motifs is 7. The Morgan fingerprint density at radius 3 is 2.40 bits per heavy atom. The Labute approximate surface area is 361 Å². The second-order valence-electron chi connectivity index (χ2n) is 17.7. The lowest BCUT2D eigenvalue weighted by molar-refractivity contribution is -0.181. The minimum absolute atomic E-state index is 0.00645. The van der Waals surface area contributed by atoms with Crippen LogP contribution in [-0.2, 0) is 23.9 Å². The molecule has 0 spiro atoms. The van der Waals surface area contributed by atoms with Crippen molar-refractivity contribution >= 4 is 58.2 Å². The standard InChI is InChI=1S/C25H32O8.C21H26ClN3OS/c1-23-9-7-15(26)11-14(23)3-4-16-17-8-10-25(32,24(17,2)12-18(27)22(16)23)19(28)13-33-21(31)6-5-20(29)30;22-17-6-7-21-19(16-17)25(18-4-1-2-5-20(18)27-21)9-3-8-23-10-12-24(13-11-23)14-15-26/h7,9,11,16-18,22,27,32H,3-6,8,10,12-13H2,1-2H3,(H,29,30);1-2,4-7,16,26H,3,8-15H2. The Balaban J connectivity index is 0.000000185. The van der Waals surface area contributed by atoms with Gasteiger partial charge in [-0.2, -0.15) is 0 Å². The number of ether oxygens (including phenoxy) is 1. The number of halogens is 1. The summed E-state index contributed by atoms with van der Waals surface area (Å²) in [7, 11) is 0. The molecule has 4 aliphatic carbocycles. The fourth-order valence-corrected chi connectivity index (χ4v) is 12.5. The van der Waals surface area contributed by atoms with E-state index >= 15 is 0 Å². The summed E-state index contributed by atoms with van der Waals surface area (Å²) >= 11 is 8.12. The molecule has 2 aromatic carbocycles. The van der Waals surface area contributed by atoms with E-state index in [0.29, 0.717) is 6.42 Å². The van der Waals surface area contributed by atoms with Crippen LogP contribution in [0.25, 0.3) is 0 Å². The first-order chi connectivity index (χ1) is 28.7. The highest BCUT2D eigenvalue weighted by Crippen LogP contribution is 2.67. The highest BCUT2D eigenvalue weighted by molar-refractivity contribution is 7.99. The van der Waals surface area contributed by atoms with E-state index in [1.807, 2.05) is 30.8 Å². The minimum Gasteiger partial charge on any atom is -0.481 e. The Bertz CT molecular complexity index is 2020. The van der Waals surface area contributed by atoms with Gasteiger partial charge in [0.05, 0.1) is 36.9 Å². The Kier molecular flexibility index (Phi) is 13.7. The highest BCUT2D eigenvalue weighted by atomic mass is 35.5. The molecule has 2 aromatic rings. The van der Waals surface area contributed by atoms with E-state index in [1.165, 1.54) is 21.2 Å². The number of nitrogens with zero attached hydrogens (tertiary/aromatic N) is 3. The zero-order chi connectivity index (χ0) is 42.8. The molecule has 8 rings (SSSR count). The first-order valence-corrected chi connectivity index (χ1v) is 22.5. The molecule has 7 unspecified atom stereocenters. The molecule has 324 valence electrons. The van der Waals surface area contributed by atoms with Gasteiger partial charge in [-0.3, -0.25) is 24.1 Å². The molecule has 0 aromatic heterocycles. The van der Waals surface area contributed by atoms with E-state index in [-0.39, 0.29) is 55.8 Å². The number of Topliss-reactive ketones (excluding diaryl/α,β-unsaturated/α-hetero) is 1.